The largest absolute Gasteiger partial charge is 0.377 e. The van der Waals surface area contributed by atoms with Crippen LogP contribution in [-0.4, -0.2) is 5.78 Å². The number of anilines is 1. The zero-order valence-corrected chi connectivity index (χ0v) is 12.2. The molecule has 2 rings (SSSR count). The molecule has 0 saturated heterocycles. The van der Waals surface area contributed by atoms with Gasteiger partial charge in [0.25, 0.3) is 0 Å². The first-order valence-electron chi connectivity index (χ1n) is 6.69. The summed E-state index contributed by atoms with van der Waals surface area (Å²) in [5.74, 6) is -1.95. The van der Waals surface area contributed by atoms with Crippen LogP contribution in [0.25, 0.3) is 0 Å². The Morgan fingerprint density at radius 3 is 2.50 bits per heavy atom. The highest BCUT2D eigenvalue weighted by atomic mass is 19.2. The van der Waals surface area contributed by atoms with Crippen molar-refractivity contribution in [2.24, 2.45) is 0 Å². The Kier molecular flexibility index (Phi) is 4.52. The smallest absolute Gasteiger partial charge is 0.159 e. The molecule has 3 nitrogen and oxygen atoms in total. The lowest BCUT2D eigenvalue weighted by Crippen LogP contribution is -2.09. The average molecular weight is 300 g/mol. The van der Waals surface area contributed by atoms with E-state index >= 15 is 0 Å². The van der Waals surface area contributed by atoms with Gasteiger partial charge in [-0.25, -0.2) is 8.78 Å². The molecule has 1 unspecified atom stereocenters. The highest BCUT2D eigenvalue weighted by molar-refractivity contribution is 5.95. The van der Waals surface area contributed by atoms with E-state index in [1.807, 2.05) is 6.07 Å². The van der Waals surface area contributed by atoms with Crippen LogP contribution in [-0.2, 0) is 0 Å². The topological polar surface area (TPSA) is 52.9 Å². The van der Waals surface area contributed by atoms with E-state index in [-0.39, 0.29) is 11.8 Å². The Hall–Kier alpha value is -2.74. The number of nitrogens with zero attached hydrogens (tertiary/aromatic N) is 1. The number of benzene rings is 2. The van der Waals surface area contributed by atoms with Crippen LogP contribution in [0.4, 0.5) is 14.5 Å². The van der Waals surface area contributed by atoms with Gasteiger partial charge in [0.2, 0.25) is 0 Å². The second-order valence-corrected chi connectivity index (χ2v) is 4.97. The summed E-state index contributed by atoms with van der Waals surface area (Å²) in [6.45, 7) is 3.19. The van der Waals surface area contributed by atoms with Crippen molar-refractivity contribution in [2.45, 2.75) is 19.9 Å². The quantitative estimate of drug-likeness (QED) is 0.860. The summed E-state index contributed by atoms with van der Waals surface area (Å²) in [7, 11) is 0. The second-order valence-electron chi connectivity index (χ2n) is 4.97. The van der Waals surface area contributed by atoms with Crippen molar-refractivity contribution < 1.29 is 13.6 Å². The second kappa shape index (κ2) is 6.35. The van der Waals surface area contributed by atoms with E-state index in [9.17, 15) is 13.6 Å². The first-order valence-corrected chi connectivity index (χ1v) is 6.69. The molecule has 0 amide bonds. The highest BCUT2D eigenvalue weighted by Crippen LogP contribution is 2.24. The number of nitriles is 1. The van der Waals surface area contributed by atoms with E-state index in [0.29, 0.717) is 22.4 Å². The molecule has 1 atom stereocenters. The van der Waals surface area contributed by atoms with Gasteiger partial charge in [0.1, 0.15) is 6.07 Å². The number of hydrogen-bond donors (Lipinski definition) is 1. The van der Waals surface area contributed by atoms with E-state index in [1.54, 1.807) is 25.1 Å². The van der Waals surface area contributed by atoms with Crippen molar-refractivity contribution in [3.63, 3.8) is 0 Å². The van der Waals surface area contributed by atoms with Gasteiger partial charge in [0, 0.05) is 11.6 Å². The molecule has 0 fully saturated rings. The summed E-state index contributed by atoms with van der Waals surface area (Å²) in [4.78, 5) is 11.4. The SMILES string of the molecule is CC(=O)c1ccc(C#N)c(NC(C)c2ccc(F)c(F)c2)c1. The predicted octanol–water partition coefficient (Wildman–Crippen LogP) is 4.21. The molecule has 5 heteroatoms. The minimum Gasteiger partial charge on any atom is -0.377 e. The van der Waals surface area contributed by atoms with E-state index < -0.39 is 11.6 Å². The van der Waals surface area contributed by atoms with Crippen molar-refractivity contribution in [3.8, 4) is 6.07 Å². The number of nitrogens with one attached hydrogen (secondary N) is 1. The lowest BCUT2D eigenvalue weighted by Gasteiger charge is -2.17. The van der Waals surface area contributed by atoms with Gasteiger partial charge in [-0.05, 0) is 49.7 Å². The van der Waals surface area contributed by atoms with E-state index in [2.05, 4.69) is 5.32 Å². The maximum Gasteiger partial charge on any atom is 0.159 e. The van der Waals surface area contributed by atoms with Gasteiger partial charge in [-0.2, -0.15) is 5.26 Å². The third-order valence-electron chi connectivity index (χ3n) is 3.36. The van der Waals surface area contributed by atoms with Gasteiger partial charge in [-0.15, -0.1) is 0 Å². The Bertz CT molecular complexity index is 766. The van der Waals surface area contributed by atoms with E-state index in [0.717, 1.165) is 12.1 Å². The fourth-order valence-electron chi connectivity index (χ4n) is 2.08. The maximum atomic E-state index is 13.3. The van der Waals surface area contributed by atoms with Gasteiger partial charge >= 0.3 is 0 Å². The lowest BCUT2D eigenvalue weighted by atomic mass is 10.0. The molecule has 0 aliphatic heterocycles. The van der Waals surface area contributed by atoms with Crippen molar-refractivity contribution in [1.29, 1.82) is 5.26 Å². The standard InChI is InChI=1S/C17H14F2N2O/c1-10(12-5-6-15(18)16(19)7-12)21-17-8-13(11(2)22)3-4-14(17)9-20/h3-8,10,21H,1-2H3. The van der Waals surface area contributed by atoms with Crippen molar-refractivity contribution in [2.75, 3.05) is 5.32 Å². The summed E-state index contributed by atoms with van der Waals surface area (Å²) in [6.07, 6.45) is 0. The molecule has 0 aliphatic carbocycles. The van der Waals surface area contributed by atoms with Crippen molar-refractivity contribution in [1.82, 2.24) is 0 Å². The summed E-state index contributed by atoms with van der Waals surface area (Å²) in [6, 6.07) is 10.0. The van der Waals surface area contributed by atoms with Crippen LogP contribution in [0.5, 0.6) is 0 Å². The molecule has 22 heavy (non-hydrogen) atoms. The molecule has 2 aromatic rings. The third kappa shape index (κ3) is 3.29. The Morgan fingerprint density at radius 2 is 1.91 bits per heavy atom. The zero-order valence-electron chi connectivity index (χ0n) is 12.2. The molecular formula is C17H14F2N2O. The average Bonchev–Trinajstić information content (AvgIpc) is 2.49. The normalized spacial score (nSPS) is 11.6. The predicted molar refractivity (Wildman–Crippen MR) is 79.6 cm³/mol. The number of halogens is 2. The minimum absolute atomic E-state index is 0.118. The van der Waals surface area contributed by atoms with E-state index in [1.165, 1.54) is 13.0 Å². The number of rotatable bonds is 4. The maximum absolute atomic E-state index is 13.3. The van der Waals surface area contributed by atoms with Crippen LogP contribution in [0, 0.1) is 23.0 Å². The lowest BCUT2D eigenvalue weighted by molar-refractivity contribution is 0.101. The van der Waals surface area contributed by atoms with Crippen LogP contribution < -0.4 is 5.32 Å². The highest BCUT2D eigenvalue weighted by Gasteiger charge is 2.12. The van der Waals surface area contributed by atoms with E-state index in [4.69, 9.17) is 5.26 Å². The third-order valence-corrected chi connectivity index (χ3v) is 3.36. The number of carbonyl (C=O) groups is 1. The van der Waals surface area contributed by atoms with Crippen LogP contribution >= 0.6 is 0 Å². The van der Waals surface area contributed by atoms with Gasteiger partial charge in [-0.1, -0.05) is 6.07 Å². The Labute approximate surface area is 127 Å². The monoisotopic (exact) mass is 300 g/mol. The summed E-state index contributed by atoms with van der Waals surface area (Å²) in [5.41, 5.74) is 1.86. The minimum atomic E-state index is -0.927. The number of ketones is 1. The molecule has 1 N–H and O–H groups in total. The zero-order chi connectivity index (χ0) is 16.3. The molecule has 0 spiro atoms. The van der Waals surface area contributed by atoms with Gasteiger partial charge in [-0.3, -0.25) is 4.79 Å². The molecule has 0 aromatic heterocycles. The van der Waals surface area contributed by atoms with Gasteiger partial charge in [0.05, 0.1) is 11.3 Å². The molecule has 0 heterocycles. The molecule has 0 aliphatic rings. The molecule has 0 radical (unpaired) electrons. The Balaban J connectivity index is 2.32. The molecule has 0 bridgehead atoms. The summed E-state index contributed by atoms with van der Waals surface area (Å²) < 4.78 is 26.3. The van der Waals surface area contributed by atoms with Crippen molar-refractivity contribution >= 4 is 11.5 Å². The van der Waals surface area contributed by atoms with Crippen molar-refractivity contribution in [3.05, 3.63) is 64.7 Å². The summed E-state index contributed by atoms with van der Waals surface area (Å²) >= 11 is 0. The van der Waals surface area contributed by atoms with Crippen LogP contribution in [0.3, 0.4) is 0 Å². The van der Waals surface area contributed by atoms with Crippen LogP contribution in [0.1, 0.15) is 41.4 Å². The molecule has 0 saturated carbocycles. The molecule has 112 valence electrons. The summed E-state index contributed by atoms with van der Waals surface area (Å²) in [5, 5.41) is 12.2. The fourth-order valence-corrected chi connectivity index (χ4v) is 2.08. The van der Waals surface area contributed by atoms with Crippen LogP contribution in [0.2, 0.25) is 0 Å². The fraction of sp³-hybridized carbons (Fsp3) is 0.176. The molecule has 2 aromatic carbocycles. The van der Waals surface area contributed by atoms with Gasteiger partial charge in [0.15, 0.2) is 17.4 Å². The first kappa shape index (κ1) is 15.6. The first-order chi connectivity index (χ1) is 10.4. The number of Topliss-reactive ketones (excluding diaryl/α,β-unsaturated/α-hetero) is 1. The number of hydrogen-bond acceptors (Lipinski definition) is 3. The van der Waals surface area contributed by atoms with Gasteiger partial charge < -0.3 is 5.32 Å². The number of carbonyl (C=O) groups excluding carboxylic acids is 1. The Morgan fingerprint density at radius 1 is 1.18 bits per heavy atom. The van der Waals surface area contributed by atoms with Crippen LogP contribution in [0.15, 0.2) is 36.4 Å². The molecular weight excluding hydrogens is 286 g/mol.